The highest BCUT2D eigenvalue weighted by atomic mass is 19.1. The van der Waals surface area contributed by atoms with Gasteiger partial charge in [0.05, 0.1) is 11.2 Å². The molecule has 1 aromatic rings. The average Bonchev–Trinajstić information content (AvgIpc) is 2.35. The van der Waals surface area contributed by atoms with Crippen molar-refractivity contribution < 1.29 is 19.4 Å². The molecule has 0 radical (unpaired) electrons. The van der Waals surface area contributed by atoms with E-state index in [1.54, 1.807) is 13.8 Å². The summed E-state index contributed by atoms with van der Waals surface area (Å²) in [4.78, 5) is 13.4. The molecule has 1 rings (SSSR count). The van der Waals surface area contributed by atoms with Gasteiger partial charge in [0.25, 0.3) is 5.91 Å². The maximum atomic E-state index is 13.7. The lowest BCUT2D eigenvalue weighted by Crippen LogP contribution is -2.40. The lowest BCUT2D eigenvalue weighted by atomic mass is 10.1. The van der Waals surface area contributed by atoms with Gasteiger partial charge in [-0.2, -0.15) is 0 Å². The van der Waals surface area contributed by atoms with E-state index in [1.165, 1.54) is 24.1 Å². The number of benzene rings is 1. The largest absolute Gasteiger partial charge is 0.389 e. The molecule has 0 saturated carbocycles. The smallest absolute Gasteiger partial charge is 0.256 e. The van der Waals surface area contributed by atoms with Crippen LogP contribution in [-0.2, 0) is 0 Å². The van der Waals surface area contributed by atoms with Crippen LogP contribution in [0.5, 0.6) is 0 Å². The first-order valence-corrected chi connectivity index (χ1v) is 6.12. The normalized spacial score (nSPS) is 10.7. The van der Waals surface area contributed by atoms with Crippen LogP contribution in [0.2, 0.25) is 0 Å². The summed E-state index contributed by atoms with van der Waals surface area (Å²) in [6.45, 7) is 2.91. The van der Waals surface area contributed by atoms with Crippen molar-refractivity contribution in [1.82, 2.24) is 4.90 Å². The van der Waals surface area contributed by atoms with Gasteiger partial charge in [-0.1, -0.05) is 11.8 Å². The minimum atomic E-state index is -1.06. The quantitative estimate of drug-likeness (QED) is 0.812. The molecule has 0 saturated heterocycles. The highest BCUT2D eigenvalue weighted by Crippen LogP contribution is 2.14. The Morgan fingerprint density at radius 1 is 1.45 bits per heavy atom. The number of rotatable bonds is 3. The summed E-state index contributed by atoms with van der Waals surface area (Å²) in [6.07, 6.45) is 0. The number of aliphatic hydroxyl groups excluding tert-OH is 1. The Kier molecular flexibility index (Phi) is 5.26. The molecule has 20 heavy (non-hydrogen) atoms. The molecule has 0 aliphatic carbocycles. The highest BCUT2D eigenvalue weighted by Gasteiger charge is 2.22. The van der Waals surface area contributed by atoms with E-state index in [2.05, 4.69) is 11.8 Å². The molecule has 108 valence electrons. The average molecular weight is 279 g/mol. The van der Waals surface area contributed by atoms with E-state index in [1.807, 2.05) is 0 Å². The highest BCUT2D eigenvalue weighted by molar-refractivity contribution is 5.94. The second kappa shape index (κ2) is 6.51. The number of nitrogens with zero attached hydrogens (tertiary/aromatic N) is 1. The van der Waals surface area contributed by atoms with Crippen molar-refractivity contribution in [3.05, 3.63) is 35.1 Å². The topological polar surface area (TPSA) is 60.8 Å². The van der Waals surface area contributed by atoms with Gasteiger partial charge in [0.2, 0.25) is 0 Å². The molecule has 2 N–H and O–H groups in total. The van der Waals surface area contributed by atoms with Gasteiger partial charge >= 0.3 is 0 Å². The van der Waals surface area contributed by atoms with Crippen molar-refractivity contribution in [2.24, 2.45) is 0 Å². The van der Waals surface area contributed by atoms with Crippen LogP contribution in [0.4, 0.5) is 4.39 Å². The first kappa shape index (κ1) is 16.2. The molecule has 0 aliphatic heterocycles. The van der Waals surface area contributed by atoms with Crippen molar-refractivity contribution >= 4 is 5.91 Å². The summed E-state index contributed by atoms with van der Waals surface area (Å²) >= 11 is 0. The van der Waals surface area contributed by atoms with Crippen LogP contribution in [-0.4, -0.2) is 46.8 Å². The van der Waals surface area contributed by atoms with Gasteiger partial charge in [0.1, 0.15) is 12.4 Å². The zero-order valence-electron chi connectivity index (χ0n) is 11.8. The molecule has 0 fully saturated rings. The zero-order chi connectivity index (χ0) is 15.3. The molecule has 1 aromatic carbocycles. The molecular formula is C15H18FNO3. The number of aliphatic hydroxyl groups is 2. The number of amides is 1. The molecule has 0 unspecified atom stereocenters. The third kappa shape index (κ3) is 4.65. The van der Waals surface area contributed by atoms with Gasteiger partial charge in [-0.15, -0.1) is 0 Å². The summed E-state index contributed by atoms with van der Waals surface area (Å²) in [5.41, 5.74) is -0.725. The van der Waals surface area contributed by atoms with Crippen molar-refractivity contribution in [3.63, 3.8) is 0 Å². The first-order valence-electron chi connectivity index (χ1n) is 6.12. The Bertz CT molecular complexity index is 552. The van der Waals surface area contributed by atoms with Gasteiger partial charge in [-0.05, 0) is 32.0 Å². The second-order valence-electron chi connectivity index (χ2n) is 5.13. The predicted octanol–water partition coefficient (Wildman–Crippen LogP) is 1.01. The molecule has 5 heteroatoms. The molecule has 0 heterocycles. The van der Waals surface area contributed by atoms with E-state index >= 15 is 0 Å². The van der Waals surface area contributed by atoms with Crippen LogP contribution >= 0.6 is 0 Å². The standard InChI is InChI=1S/C15H18FNO3/c1-15(2,20)10-17(3)14(19)12-9-11(5-4-8-18)6-7-13(12)16/h6-7,9,18,20H,8,10H2,1-3H3. The molecule has 0 aromatic heterocycles. The number of hydrogen-bond acceptors (Lipinski definition) is 3. The molecular weight excluding hydrogens is 261 g/mol. The lowest BCUT2D eigenvalue weighted by Gasteiger charge is -2.25. The summed E-state index contributed by atoms with van der Waals surface area (Å²) in [6, 6.07) is 3.93. The van der Waals surface area contributed by atoms with Gasteiger partial charge in [0, 0.05) is 19.2 Å². The number of likely N-dealkylation sites (N-methyl/N-ethyl adjacent to an activating group) is 1. The molecule has 0 atom stereocenters. The van der Waals surface area contributed by atoms with Crippen LogP contribution in [0, 0.1) is 17.7 Å². The number of hydrogen-bond donors (Lipinski definition) is 2. The number of carbonyl (C=O) groups excluding carboxylic acids is 1. The van der Waals surface area contributed by atoms with Crippen LogP contribution in [0.1, 0.15) is 29.8 Å². The van der Waals surface area contributed by atoms with E-state index < -0.39 is 17.3 Å². The number of halogens is 1. The van der Waals surface area contributed by atoms with Gasteiger partial charge in [-0.25, -0.2) is 4.39 Å². The fourth-order valence-corrected chi connectivity index (χ4v) is 1.77. The number of carbonyl (C=O) groups is 1. The molecule has 4 nitrogen and oxygen atoms in total. The van der Waals surface area contributed by atoms with E-state index in [0.29, 0.717) is 5.56 Å². The lowest BCUT2D eigenvalue weighted by molar-refractivity contribution is 0.0365. The molecule has 0 spiro atoms. The van der Waals surface area contributed by atoms with E-state index in [-0.39, 0.29) is 18.7 Å². The third-order valence-corrected chi connectivity index (χ3v) is 2.48. The van der Waals surface area contributed by atoms with E-state index in [0.717, 1.165) is 6.07 Å². The maximum absolute atomic E-state index is 13.7. The Labute approximate surface area is 117 Å². The molecule has 1 amide bonds. The third-order valence-electron chi connectivity index (χ3n) is 2.48. The second-order valence-corrected chi connectivity index (χ2v) is 5.13. The first-order chi connectivity index (χ1) is 9.24. The van der Waals surface area contributed by atoms with E-state index in [4.69, 9.17) is 5.11 Å². The van der Waals surface area contributed by atoms with Crippen LogP contribution in [0.25, 0.3) is 0 Å². The predicted molar refractivity (Wildman–Crippen MR) is 73.6 cm³/mol. The summed E-state index contributed by atoms with van der Waals surface area (Å²) in [7, 11) is 1.49. The van der Waals surface area contributed by atoms with Crippen LogP contribution < -0.4 is 0 Å². The van der Waals surface area contributed by atoms with Gasteiger partial charge in [0.15, 0.2) is 0 Å². The van der Waals surface area contributed by atoms with Gasteiger partial charge < -0.3 is 15.1 Å². The van der Waals surface area contributed by atoms with E-state index in [9.17, 15) is 14.3 Å². The molecule has 0 bridgehead atoms. The monoisotopic (exact) mass is 279 g/mol. The SMILES string of the molecule is CN(CC(C)(C)O)C(=O)c1cc(C#CCO)ccc1F. The molecule has 0 aliphatic rings. The summed E-state index contributed by atoms with van der Waals surface area (Å²) < 4.78 is 13.7. The Balaban J connectivity index is 3.03. The van der Waals surface area contributed by atoms with Crippen LogP contribution in [0.15, 0.2) is 18.2 Å². The van der Waals surface area contributed by atoms with Crippen molar-refractivity contribution in [2.75, 3.05) is 20.2 Å². The van der Waals surface area contributed by atoms with Gasteiger partial charge in [-0.3, -0.25) is 4.79 Å². The summed E-state index contributed by atoms with van der Waals surface area (Å²) in [5.74, 6) is 3.88. The Morgan fingerprint density at radius 2 is 2.10 bits per heavy atom. The Morgan fingerprint density at radius 3 is 2.65 bits per heavy atom. The Hall–Kier alpha value is -1.90. The minimum absolute atomic E-state index is 0.0812. The van der Waals surface area contributed by atoms with Crippen LogP contribution in [0.3, 0.4) is 0 Å². The minimum Gasteiger partial charge on any atom is -0.389 e. The van der Waals surface area contributed by atoms with Crippen molar-refractivity contribution in [3.8, 4) is 11.8 Å². The fourth-order valence-electron chi connectivity index (χ4n) is 1.77. The van der Waals surface area contributed by atoms with Crippen molar-refractivity contribution in [1.29, 1.82) is 0 Å². The van der Waals surface area contributed by atoms with Crippen molar-refractivity contribution in [2.45, 2.75) is 19.4 Å². The fraction of sp³-hybridized carbons (Fsp3) is 0.400. The zero-order valence-corrected chi connectivity index (χ0v) is 11.8. The summed E-state index contributed by atoms with van der Waals surface area (Å²) in [5, 5.41) is 18.3. The maximum Gasteiger partial charge on any atom is 0.256 e.